The van der Waals surface area contributed by atoms with Crippen molar-refractivity contribution in [3.63, 3.8) is 0 Å². The van der Waals surface area contributed by atoms with Crippen LogP contribution >= 0.6 is 0 Å². The van der Waals surface area contributed by atoms with Crippen molar-refractivity contribution in [2.24, 2.45) is 0 Å². The maximum absolute atomic E-state index is 10.8. The maximum Gasteiger partial charge on any atom is 0.174 e. The fraction of sp³-hybridized carbons (Fsp3) is 0.727. The lowest BCUT2D eigenvalue weighted by Crippen LogP contribution is -2.30. The van der Waals surface area contributed by atoms with Crippen molar-refractivity contribution in [1.29, 1.82) is 0 Å². The van der Waals surface area contributed by atoms with Crippen molar-refractivity contribution in [3.8, 4) is 0 Å². The van der Waals surface area contributed by atoms with Crippen LogP contribution in [0.5, 0.6) is 0 Å². The summed E-state index contributed by atoms with van der Waals surface area (Å²) in [5.74, 6) is 0.0318. The molecule has 0 bridgehead atoms. The molecule has 0 aromatic carbocycles. The van der Waals surface area contributed by atoms with E-state index in [1.165, 1.54) is 6.92 Å². The molecule has 0 heterocycles. The number of allylic oxidation sites excluding steroid dienone is 2. The van der Waals surface area contributed by atoms with E-state index in [2.05, 4.69) is 5.32 Å². The highest BCUT2D eigenvalue weighted by molar-refractivity contribution is 5.87. The molecule has 4 heteroatoms. The van der Waals surface area contributed by atoms with Gasteiger partial charge in [0, 0.05) is 18.9 Å². The zero-order chi connectivity index (χ0) is 11.7. The van der Waals surface area contributed by atoms with Crippen molar-refractivity contribution in [1.82, 2.24) is 5.32 Å². The Labute approximate surface area is 91.6 Å². The van der Waals surface area contributed by atoms with Crippen molar-refractivity contribution >= 4 is 5.78 Å². The van der Waals surface area contributed by atoms with Crippen LogP contribution in [-0.2, 0) is 14.3 Å². The minimum Gasteiger partial charge on any atom is -0.383 e. The molecule has 0 saturated carbocycles. The first-order valence-corrected chi connectivity index (χ1v) is 5.26. The van der Waals surface area contributed by atoms with Crippen molar-refractivity contribution < 1.29 is 14.3 Å². The molecule has 0 aromatic heterocycles. The van der Waals surface area contributed by atoms with Gasteiger partial charge >= 0.3 is 0 Å². The first-order chi connectivity index (χ1) is 7.10. The number of carbonyl (C=O) groups excluding carboxylic acids is 1. The van der Waals surface area contributed by atoms with E-state index in [4.69, 9.17) is 9.47 Å². The second kappa shape index (κ2) is 8.44. The summed E-state index contributed by atoms with van der Waals surface area (Å²) in [6.07, 6.45) is 1.30. The molecule has 0 atom stereocenters. The number of rotatable bonds is 8. The van der Waals surface area contributed by atoms with E-state index in [1.807, 2.05) is 20.8 Å². The number of hydrogen-bond donors (Lipinski definition) is 1. The van der Waals surface area contributed by atoms with Gasteiger partial charge in [0.05, 0.1) is 6.54 Å². The Kier molecular flexibility index (Phi) is 7.95. The van der Waals surface area contributed by atoms with Gasteiger partial charge in [-0.2, -0.15) is 0 Å². The van der Waals surface area contributed by atoms with E-state index in [0.717, 1.165) is 5.70 Å². The lowest BCUT2D eigenvalue weighted by molar-refractivity contribution is -0.132. The monoisotopic (exact) mass is 215 g/mol. The number of hydrogen-bond acceptors (Lipinski definition) is 4. The summed E-state index contributed by atoms with van der Waals surface area (Å²) in [6.45, 7) is 8.99. The van der Waals surface area contributed by atoms with Gasteiger partial charge in [0.15, 0.2) is 12.1 Å². The Balaban J connectivity index is 3.92. The fourth-order valence-electron chi connectivity index (χ4n) is 1.14. The Morgan fingerprint density at radius 3 is 2.20 bits per heavy atom. The predicted octanol–water partition coefficient (Wildman–Crippen LogP) is 1.47. The highest BCUT2D eigenvalue weighted by Crippen LogP contribution is 1.95. The van der Waals surface area contributed by atoms with Crippen LogP contribution in [0.15, 0.2) is 11.8 Å². The maximum atomic E-state index is 10.8. The highest BCUT2D eigenvalue weighted by atomic mass is 16.7. The van der Waals surface area contributed by atoms with E-state index in [-0.39, 0.29) is 12.1 Å². The van der Waals surface area contributed by atoms with Crippen LogP contribution in [0.4, 0.5) is 0 Å². The molecule has 0 aromatic rings. The van der Waals surface area contributed by atoms with Crippen LogP contribution < -0.4 is 5.32 Å². The Hall–Kier alpha value is -0.870. The van der Waals surface area contributed by atoms with Crippen LogP contribution in [0.25, 0.3) is 0 Å². The van der Waals surface area contributed by atoms with Crippen molar-refractivity contribution in [3.05, 3.63) is 11.8 Å². The lowest BCUT2D eigenvalue weighted by atomic mass is 10.3. The van der Waals surface area contributed by atoms with Crippen LogP contribution in [0, 0.1) is 0 Å². The quantitative estimate of drug-likeness (QED) is 0.492. The molecule has 15 heavy (non-hydrogen) atoms. The molecule has 0 rings (SSSR count). The number of carbonyl (C=O) groups is 1. The summed E-state index contributed by atoms with van der Waals surface area (Å²) in [4.78, 5) is 10.8. The number of nitrogens with one attached hydrogen (secondary N) is 1. The van der Waals surface area contributed by atoms with Gasteiger partial charge in [0.25, 0.3) is 0 Å². The molecule has 0 fully saturated rings. The molecule has 0 spiro atoms. The molecule has 88 valence electrons. The van der Waals surface area contributed by atoms with E-state index in [1.54, 1.807) is 6.08 Å². The Bertz CT molecular complexity index is 208. The van der Waals surface area contributed by atoms with E-state index in [0.29, 0.717) is 19.8 Å². The molecule has 4 nitrogen and oxygen atoms in total. The summed E-state index contributed by atoms with van der Waals surface area (Å²) in [5, 5.41) is 3.07. The second-order valence-corrected chi connectivity index (χ2v) is 3.16. The summed E-state index contributed by atoms with van der Waals surface area (Å²) in [5.41, 5.74) is 0.826. The molecule has 0 amide bonds. The smallest absolute Gasteiger partial charge is 0.174 e. The third-order valence-electron chi connectivity index (χ3n) is 1.67. The molecule has 0 aliphatic heterocycles. The van der Waals surface area contributed by atoms with Gasteiger partial charge in [-0.3, -0.25) is 4.79 Å². The fourth-order valence-corrected chi connectivity index (χ4v) is 1.14. The topological polar surface area (TPSA) is 47.6 Å². The van der Waals surface area contributed by atoms with Gasteiger partial charge in [0.1, 0.15) is 0 Å². The zero-order valence-electron chi connectivity index (χ0n) is 10.0. The standard InChI is InChI=1S/C11H21NO3/c1-5-14-11(15-6-2)8-12-9(3)7-10(4)13/h7,11-12H,5-6,8H2,1-4H3. The zero-order valence-corrected chi connectivity index (χ0v) is 10.0. The average molecular weight is 215 g/mol. The van der Waals surface area contributed by atoms with Crippen LogP contribution in [-0.4, -0.2) is 31.8 Å². The minimum absolute atomic E-state index is 0.0318. The van der Waals surface area contributed by atoms with Crippen LogP contribution in [0.2, 0.25) is 0 Å². The molecule has 0 saturated heterocycles. The van der Waals surface area contributed by atoms with Gasteiger partial charge in [0.2, 0.25) is 0 Å². The average Bonchev–Trinajstić information content (AvgIpc) is 2.14. The summed E-state index contributed by atoms with van der Waals surface area (Å²) < 4.78 is 10.7. The van der Waals surface area contributed by atoms with Crippen molar-refractivity contribution in [2.75, 3.05) is 19.8 Å². The van der Waals surface area contributed by atoms with Gasteiger partial charge in [-0.1, -0.05) is 0 Å². The first-order valence-electron chi connectivity index (χ1n) is 5.26. The highest BCUT2D eigenvalue weighted by Gasteiger charge is 2.06. The molecule has 0 unspecified atom stereocenters. The van der Waals surface area contributed by atoms with Crippen LogP contribution in [0.3, 0.4) is 0 Å². The van der Waals surface area contributed by atoms with Gasteiger partial charge in [-0.15, -0.1) is 0 Å². The van der Waals surface area contributed by atoms with Gasteiger partial charge in [-0.05, 0) is 33.8 Å². The summed E-state index contributed by atoms with van der Waals surface area (Å²) >= 11 is 0. The molecule has 0 radical (unpaired) electrons. The Morgan fingerprint density at radius 1 is 1.27 bits per heavy atom. The minimum atomic E-state index is -0.254. The molecule has 1 N–H and O–H groups in total. The van der Waals surface area contributed by atoms with Gasteiger partial charge in [-0.25, -0.2) is 0 Å². The summed E-state index contributed by atoms with van der Waals surface area (Å²) in [6, 6.07) is 0. The third kappa shape index (κ3) is 8.15. The second-order valence-electron chi connectivity index (χ2n) is 3.16. The number of ether oxygens (including phenoxy) is 2. The number of ketones is 1. The van der Waals surface area contributed by atoms with Gasteiger partial charge < -0.3 is 14.8 Å². The first kappa shape index (κ1) is 14.1. The SMILES string of the molecule is CCOC(CNC(C)=CC(C)=O)OCC. The lowest BCUT2D eigenvalue weighted by Gasteiger charge is -2.18. The molecule has 0 aliphatic carbocycles. The normalized spacial score (nSPS) is 11.9. The van der Waals surface area contributed by atoms with Crippen LogP contribution in [0.1, 0.15) is 27.7 Å². The Morgan fingerprint density at radius 2 is 1.80 bits per heavy atom. The molecule has 0 aliphatic rings. The molecular weight excluding hydrogens is 194 g/mol. The predicted molar refractivity (Wildman–Crippen MR) is 59.5 cm³/mol. The van der Waals surface area contributed by atoms with E-state index in [9.17, 15) is 4.79 Å². The third-order valence-corrected chi connectivity index (χ3v) is 1.67. The van der Waals surface area contributed by atoms with Crippen molar-refractivity contribution in [2.45, 2.75) is 34.0 Å². The summed E-state index contributed by atoms with van der Waals surface area (Å²) in [7, 11) is 0. The van der Waals surface area contributed by atoms with E-state index < -0.39 is 0 Å². The largest absolute Gasteiger partial charge is 0.383 e. The molecular formula is C11H21NO3. The van der Waals surface area contributed by atoms with E-state index >= 15 is 0 Å².